The van der Waals surface area contributed by atoms with E-state index in [-0.39, 0.29) is 24.5 Å². The monoisotopic (exact) mass is 250 g/mol. The average molecular weight is 250 g/mol. The summed E-state index contributed by atoms with van der Waals surface area (Å²) in [5, 5.41) is 11.9. The summed E-state index contributed by atoms with van der Waals surface area (Å²) >= 11 is 0. The Labute approximate surface area is 108 Å². The average Bonchev–Trinajstić information content (AvgIpc) is 2.32. The van der Waals surface area contributed by atoms with Crippen LogP contribution in [0.3, 0.4) is 0 Å². The number of hydrogen-bond acceptors (Lipinski definition) is 3. The molecule has 0 spiro atoms. The highest BCUT2D eigenvalue weighted by Gasteiger charge is 2.17. The first kappa shape index (κ1) is 14.5. The van der Waals surface area contributed by atoms with Crippen molar-refractivity contribution in [3.05, 3.63) is 28.8 Å². The van der Waals surface area contributed by atoms with Crippen molar-refractivity contribution in [1.29, 1.82) is 0 Å². The molecule has 0 heterocycles. The van der Waals surface area contributed by atoms with Crippen LogP contribution in [0.15, 0.2) is 12.1 Å². The van der Waals surface area contributed by atoms with Gasteiger partial charge in [0.1, 0.15) is 0 Å². The molecule has 0 fully saturated rings. The minimum atomic E-state index is -0.146. The number of carbonyl (C=O) groups excluding carboxylic acids is 1. The molecule has 0 bridgehead atoms. The van der Waals surface area contributed by atoms with Gasteiger partial charge in [0, 0.05) is 23.9 Å². The summed E-state index contributed by atoms with van der Waals surface area (Å²) in [7, 11) is 0. The first-order chi connectivity index (χ1) is 8.36. The number of hydrogen-bond donors (Lipinski definition) is 3. The highest BCUT2D eigenvalue weighted by molar-refractivity contribution is 5.96. The zero-order valence-electron chi connectivity index (χ0n) is 11.4. The summed E-state index contributed by atoms with van der Waals surface area (Å²) in [5.74, 6) is -0.121. The predicted molar refractivity (Wildman–Crippen MR) is 73.5 cm³/mol. The molecule has 0 aliphatic heterocycles. The minimum absolute atomic E-state index is 0.0250. The molecule has 0 aliphatic carbocycles. The smallest absolute Gasteiger partial charge is 0.251 e. The van der Waals surface area contributed by atoms with Crippen molar-refractivity contribution in [2.75, 3.05) is 12.3 Å². The largest absolute Gasteiger partial charge is 0.398 e. The lowest BCUT2D eigenvalue weighted by Gasteiger charge is -2.20. The van der Waals surface area contributed by atoms with Crippen LogP contribution in [-0.4, -0.2) is 23.7 Å². The second-order valence-corrected chi connectivity index (χ2v) is 4.95. The van der Waals surface area contributed by atoms with Gasteiger partial charge in [-0.15, -0.1) is 0 Å². The zero-order valence-corrected chi connectivity index (χ0v) is 11.4. The standard InChI is InChI=1S/C14H22N2O2/c1-8-5-9(2)13(15)6-12(8)14(18)16-11(4)10(3)7-17/h5-6,10-11,17H,7,15H2,1-4H3,(H,16,18). The molecule has 1 aromatic carbocycles. The van der Waals surface area contributed by atoms with Gasteiger partial charge in [0.25, 0.3) is 5.91 Å². The molecule has 2 atom stereocenters. The lowest BCUT2D eigenvalue weighted by Crippen LogP contribution is -2.38. The van der Waals surface area contributed by atoms with E-state index in [0.717, 1.165) is 11.1 Å². The third-order valence-corrected chi connectivity index (χ3v) is 3.36. The number of nitrogen functional groups attached to an aromatic ring is 1. The molecule has 0 saturated carbocycles. The summed E-state index contributed by atoms with van der Waals surface area (Å²) < 4.78 is 0. The minimum Gasteiger partial charge on any atom is -0.398 e. The number of rotatable bonds is 4. The van der Waals surface area contributed by atoms with Crippen molar-refractivity contribution in [3.8, 4) is 0 Å². The van der Waals surface area contributed by atoms with E-state index < -0.39 is 0 Å². The fraction of sp³-hybridized carbons (Fsp3) is 0.500. The van der Waals surface area contributed by atoms with E-state index in [2.05, 4.69) is 5.32 Å². The Hall–Kier alpha value is -1.55. The second kappa shape index (κ2) is 5.87. The molecular formula is C14H22N2O2. The molecule has 4 heteroatoms. The van der Waals surface area contributed by atoms with Crippen LogP contribution in [0.1, 0.15) is 35.3 Å². The van der Waals surface area contributed by atoms with Crippen molar-refractivity contribution >= 4 is 11.6 Å². The highest BCUT2D eigenvalue weighted by atomic mass is 16.3. The fourth-order valence-electron chi connectivity index (χ4n) is 1.70. The lowest BCUT2D eigenvalue weighted by atomic mass is 10.0. The number of carbonyl (C=O) groups is 1. The van der Waals surface area contributed by atoms with Gasteiger partial charge in [-0.2, -0.15) is 0 Å². The third kappa shape index (κ3) is 3.23. The van der Waals surface area contributed by atoms with Crippen molar-refractivity contribution in [2.45, 2.75) is 33.7 Å². The van der Waals surface area contributed by atoms with Crippen molar-refractivity contribution in [1.82, 2.24) is 5.32 Å². The Morgan fingerprint density at radius 2 is 1.94 bits per heavy atom. The molecule has 100 valence electrons. The van der Waals surface area contributed by atoms with Gasteiger partial charge in [-0.3, -0.25) is 4.79 Å². The maximum absolute atomic E-state index is 12.1. The normalized spacial score (nSPS) is 14.1. The van der Waals surface area contributed by atoms with Gasteiger partial charge in [-0.05, 0) is 43.9 Å². The maximum Gasteiger partial charge on any atom is 0.251 e. The van der Waals surface area contributed by atoms with E-state index in [4.69, 9.17) is 10.8 Å². The summed E-state index contributed by atoms with van der Waals surface area (Å²) in [6.07, 6.45) is 0. The Kier molecular flexibility index (Phi) is 4.73. The molecule has 1 aromatic rings. The molecule has 0 radical (unpaired) electrons. The number of amides is 1. The topological polar surface area (TPSA) is 75.3 Å². The van der Waals surface area contributed by atoms with Gasteiger partial charge in [-0.1, -0.05) is 13.0 Å². The Balaban J connectivity index is 2.88. The summed E-state index contributed by atoms with van der Waals surface area (Å²) in [4.78, 5) is 12.1. The van der Waals surface area contributed by atoms with Crippen LogP contribution in [0.5, 0.6) is 0 Å². The van der Waals surface area contributed by atoms with Crippen LogP contribution in [0.2, 0.25) is 0 Å². The number of anilines is 1. The van der Waals surface area contributed by atoms with Gasteiger partial charge in [0.2, 0.25) is 0 Å². The quantitative estimate of drug-likeness (QED) is 0.711. The molecule has 4 nitrogen and oxygen atoms in total. The van der Waals surface area contributed by atoms with E-state index >= 15 is 0 Å². The SMILES string of the molecule is Cc1cc(C)c(C(=O)NC(C)C(C)CO)cc1N. The molecular weight excluding hydrogens is 228 g/mol. The van der Waals surface area contributed by atoms with Crippen molar-refractivity contribution in [2.24, 2.45) is 5.92 Å². The summed E-state index contributed by atoms with van der Waals surface area (Å²) in [5.41, 5.74) is 8.91. The molecule has 2 unspecified atom stereocenters. The lowest BCUT2D eigenvalue weighted by molar-refractivity contribution is 0.0915. The van der Waals surface area contributed by atoms with Gasteiger partial charge in [-0.25, -0.2) is 0 Å². The zero-order chi connectivity index (χ0) is 13.9. The number of benzene rings is 1. The number of aliphatic hydroxyl groups excluding tert-OH is 1. The molecule has 1 amide bonds. The van der Waals surface area contributed by atoms with Crippen LogP contribution in [0, 0.1) is 19.8 Å². The molecule has 0 aliphatic rings. The molecule has 18 heavy (non-hydrogen) atoms. The molecule has 1 rings (SSSR count). The summed E-state index contributed by atoms with van der Waals surface area (Å²) in [6, 6.07) is 3.53. The van der Waals surface area contributed by atoms with E-state index in [1.165, 1.54) is 0 Å². The fourth-order valence-corrected chi connectivity index (χ4v) is 1.70. The summed E-state index contributed by atoms with van der Waals surface area (Å²) in [6.45, 7) is 7.63. The molecule has 4 N–H and O–H groups in total. The van der Waals surface area contributed by atoms with Gasteiger partial charge in [0.15, 0.2) is 0 Å². The molecule has 0 aromatic heterocycles. The van der Waals surface area contributed by atoms with Gasteiger partial charge < -0.3 is 16.2 Å². The predicted octanol–water partition coefficient (Wildman–Crippen LogP) is 1.63. The number of aliphatic hydroxyl groups is 1. The third-order valence-electron chi connectivity index (χ3n) is 3.36. The van der Waals surface area contributed by atoms with Crippen LogP contribution in [0.25, 0.3) is 0 Å². The van der Waals surface area contributed by atoms with E-state index in [0.29, 0.717) is 11.3 Å². The first-order valence-corrected chi connectivity index (χ1v) is 6.15. The highest BCUT2D eigenvalue weighted by Crippen LogP contribution is 2.18. The first-order valence-electron chi connectivity index (χ1n) is 6.15. The van der Waals surface area contributed by atoms with Crippen molar-refractivity contribution < 1.29 is 9.90 Å². The molecule has 0 saturated heterocycles. The number of nitrogens with two attached hydrogens (primary N) is 1. The van der Waals surface area contributed by atoms with E-state index in [1.54, 1.807) is 6.07 Å². The van der Waals surface area contributed by atoms with Gasteiger partial charge >= 0.3 is 0 Å². The Morgan fingerprint density at radius 3 is 2.50 bits per heavy atom. The Bertz CT molecular complexity index is 444. The maximum atomic E-state index is 12.1. The van der Waals surface area contributed by atoms with Gasteiger partial charge in [0.05, 0.1) is 0 Å². The Morgan fingerprint density at radius 1 is 1.33 bits per heavy atom. The van der Waals surface area contributed by atoms with Crippen LogP contribution >= 0.6 is 0 Å². The van der Waals surface area contributed by atoms with Crippen LogP contribution < -0.4 is 11.1 Å². The van der Waals surface area contributed by atoms with Crippen LogP contribution in [0.4, 0.5) is 5.69 Å². The van der Waals surface area contributed by atoms with Crippen LogP contribution in [-0.2, 0) is 0 Å². The van der Waals surface area contributed by atoms with Crippen molar-refractivity contribution in [3.63, 3.8) is 0 Å². The van der Waals surface area contributed by atoms with E-state index in [9.17, 15) is 4.79 Å². The second-order valence-electron chi connectivity index (χ2n) is 4.95. The number of aryl methyl sites for hydroxylation is 2. The van der Waals surface area contributed by atoms with E-state index in [1.807, 2.05) is 33.8 Å². The number of nitrogens with one attached hydrogen (secondary N) is 1.